The number of hydrogen-bond donors (Lipinski definition) is 1. The maximum Gasteiger partial charge on any atom is 0.215 e. The van der Waals surface area contributed by atoms with Crippen LogP contribution in [0, 0.1) is 0 Å². The molecule has 3 nitrogen and oxygen atoms in total. The predicted octanol–water partition coefficient (Wildman–Crippen LogP) is 3.74. The predicted molar refractivity (Wildman–Crippen MR) is 91.5 cm³/mol. The van der Waals surface area contributed by atoms with Gasteiger partial charge in [0.15, 0.2) is 0 Å². The number of nitrogens with one attached hydrogen (secondary N) is 1. The molecule has 0 heterocycles. The Morgan fingerprint density at radius 2 is 1.73 bits per heavy atom. The van der Waals surface area contributed by atoms with Gasteiger partial charge in [0.1, 0.15) is 0 Å². The largest absolute Gasteiger partial charge is 0.215 e. The van der Waals surface area contributed by atoms with Crippen molar-refractivity contribution in [1.82, 2.24) is 4.72 Å². The van der Waals surface area contributed by atoms with Crippen LogP contribution in [0.3, 0.4) is 0 Å². The zero-order valence-electron chi connectivity index (χ0n) is 12.7. The average molecular weight is 338 g/mol. The molecule has 0 fully saturated rings. The Hall–Kier alpha value is -1.36. The third kappa shape index (κ3) is 4.83. The topological polar surface area (TPSA) is 46.2 Å². The normalized spacial score (nSPS) is 12.3. The lowest BCUT2D eigenvalue weighted by molar-refractivity contribution is 0.501. The molecule has 118 valence electrons. The molecule has 0 saturated heterocycles. The second-order valence-corrected chi connectivity index (χ2v) is 8.20. The zero-order chi connectivity index (χ0) is 16.2. The Kier molecular flexibility index (Phi) is 5.27. The fourth-order valence-electron chi connectivity index (χ4n) is 2.15. The van der Waals surface area contributed by atoms with Gasteiger partial charge in [-0.3, -0.25) is 0 Å². The van der Waals surface area contributed by atoms with Crippen LogP contribution in [0.15, 0.2) is 54.6 Å². The highest BCUT2D eigenvalue weighted by Crippen LogP contribution is 2.25. The molecule has 0 aliphatic rings. The van der Waals surface area contributed by atoms with Gasteiger partial charge in [0, 0.05) is 17.0 Å². The van der Waals surface area contributed by atoms with Gasteiger partial charge in [-0.05, 0) is 23.3 Å². The first-order valence-corrected chi connectivity index (χ1v) is 9.09. The summed E-state index contributed by atoms with van der Waals surface area (Å²) >= 11 is 6.01. The molecular formula is C17H20ClNO2S. The number of sulfonamides is 1. The van der Waals surface area contributed by atoms with E-state index in [1.807, 2.05) is 50.2 Å². The van der Waals surface area contributed by atoms with Crippen molar-refractivity contribution in [3.05, 3.63) is 70.7 Å². The molecule has 0 amide bonds. The van der Waals surface area contributed by atoms with Crippen LogP contribution in [0.4, 0.5) is 0 Å². The highest BCUT2D eigenvalue weighted by atomic mass is 35.5. The van der Waals surface area contributed by atoms with Gasteiger partial charge in [-0.15, -0.1) is 0 Å². The molecule has 2 aromatic carbocycles. The summed E-state index contributed by atoms with van der Waals surface area (Å²) in [4.78, 5) is 0. The Labute approximate surface area is 137 Å². The molecular weight excluding hydrogens is 318 g/mol. The van der Waals surface area contributed by atoms with Crippen LogP contribution in [0.25, 0.3) is 0 Å². The van der Waals surface area contributed by atoms with Gasteiger partial charge in [-0.25, -0.2) is 13.1 Å². The summed E-state index contributed by atoms with van der Waals surface area (Å²) in [6.45, 7) is 4.30. The third-order valence-electron chi connectivity index (χ3n) is 3.54. The summed E-state index contributed by atoms with van der Waals surface area (Å²) in [6, 6.07) is 16.7. The van der Waals surface area contributed by atoms with Crippen molar-refractivity contribution in [3.8, 4) is 0 Å². The van der Waals surface area contributed by atoms with Crippen LogP contribution in [0.5, 0.6) is 0 Å². The van der Waals surface area contributed by atoms with Crippen LogP contribution in [-0.4, -0.2) is 15.0 Å². The first-order chi connectivity index (χ1) is 10.3. The smallest absolute Gasteiger partial charge is 0.214 e. The second kappa shape index (κ2) is 6.82. The van der Waals surface area contributed by atoms with E-state index >= 15 is 0 Å². The fourth-order valence-corrected chi connectivity index (χ4v) is 3.65. The van der Waals surface area contributed by atoms with E-state index in [1.54, 1.807) is 18.2 Å². The van der Waals surface area contributed by atoms with Crippen molar-refractivity contribution in [2.75, 3.05) is 6.54 Å². The van der Waals surface area contributed by atoms with Crippen molar-refractivity contribution < 1.29 is 8.42 Å². The molecule has 0 aliphatic carbocycles. The van der Waals surface area contributed by atoms with Crippen LogP contribution in [-0.2, 0) is 21.2 Å². The minimum Gasteiger partial charge on any atom is -0.214 e. The monoisotopic (exact) mass is 337 g/mol. The molecule has 0 saturated carbocycles. The summed E-state index contributed by atoms with van der Waals surface area (Å²) < 4.78 is 27.1. The molecule has 0 spiro atoms. The number of halogens is 1. The highest BCUT2D eigenvalue weighted by molar-refractivity contribution is 7.88. The zero-order valence-corrected chi connectivity index (χ0v) is 14.3. The van der Waals surface area contributed by atoms with Gasteiger partial charge in [-0.1, -0.05) is 67.9 Å². The molecule has 5 heteroatoms. The van der Waals surface area contributed by atoms with E-state index in [2.05, 4.69) is 4.72 Å². The van der Waals surface area contributed by atoms with Crippen molar-refractivity contribution in [2.24, 2.45) is 0 Å². The van der Waals surface area contributed by atoms with E-state index in [1.165, 1.54) is 0 Å². The third-order valence-corrected chi connectivity index (χ3v) is 5.07. The summed E-state index contributed by atoms with van der Waals surface area (Å²) in [5.74, 6) is -0.0144. The summed E-state index contributed by atoms with van der Waals surface area (Å²) in [6.07, 6.45) is 0. The van der Waals surface area contributed by atoms with E-state index in [0.717, 1.165) is 11.1 Å². The Morgan fingerprint density at radius 1 is 1.05 bits per heavy atom. The van der Waals surface area contributed by atoms with E-state index in [-0.39, 0.29) is 11.2 Å². The Morgan fingerprint density at radius 3 is 2.36 bits per heavy atom. The van der Waals surface area contributed by atoms with Gasteiger partial charge in [0.25, 0.3) is 0 Å². The molecule has 22 heavy (non-hydrogen) atoms. The molecule has 0 aromatic heterocycles. The minimum absolute atomic E-state index is 0.0144. The molecule has 0 radical (unpaired) electrons. The molecule has 0 bridgehead atoms. The maximum absolute atomic E-state index is 12.2. The van der Waals surface area contributed by atoms with Crippen molar-refractivity contribution in [2.45, 2.75) is 25.0 Å². The van der Waals surface area contributed by atoms with Gasteiger partial charge in [-0.2, -0.15) is 0 Å². The van der Waals surface area contributed by atoms with Crippen molar-refractivity contribution in [1.29, 1.82) is 0 Å². The number of benzene rings is 2. The number of rotatable bonds is 6. The fraction of sp³-hybridized carbons (Fsp3) is 0.294. The summed E-state index contributed by atoms with van der Waals surface area (Å²) in [7, 11) is -3.37. The lowest BCUT2D eigenvalue weighted by Crippen LogP contribution is -2.37. The molecule has 0 aliphatic heterocycles. The van der Waals surface area contributed by atoms with Crippen LogP contribution in [0.1, 0.15) is 25.0 Å². The van der Waals surface area contributed by atoms with Crippen LogP contribution in [0.2, 0.25) is 5.02 Å². The second-order valence-electron chi connectivity index (χ2n) is 5.96. The van der Waals surface area contributed by atoms with Gasteiger partial charge in [0.05, 0.1) is 5.75 Å². The highest BCUT2D eigenvalue weighted by Gasteiger charge is 2.23. The molecule has 0 atom stereocenters. The standard InChI is InChI=1S/C17H20ClNO2S/c1-17(2,15-9-6-10-16(18)11-15)13-19-22(20,21)12-14-7-4-3-5-8-14/h3-11,19H,12-13H2,1-2H3. The van der Waals surface area contributed by atoms with Gasteiger partial charge < -0.3 is 0 Å². The quantitative estimate of drug-likeness (QED) is 0.872. The van der Waals surface area contributed by atoms with Crippen LogP contribution >= 0.6 is 11.6 Å². The van der Waals surface area contributed by atoms with Crippen molar-refractivity contribution >= 4 is 21.6 Å². The lowest BCUT2D eigenvalue weighted by atomic mass is 9.85. The van der Waals surface area contributed by atoms with Gasteiger partial charge >= 0.3 is 0 Å². The van der Waals surface area contributed by atoms with Crippen LogP contribution < -0.4 is 4.72 Å². The molecule has 0 unspecified atom stereocenters. The average Bonchev–Trinajstić information content (AvgIpc) is 2.46. The first-order valence-electron chi connectivity index (χ1n) is 7.06. The SMILES string of the molecule is CC(C)(CNS(=O)(=O)Cc1ccccc1)c1cccc(Cl)c1. The van der Waals surface area contributed by atoms with Gasteiger partial charge in [0.2, 0.25) is 10.0 Å². The lowest BCUT2D eigenvalue weighted by Gasteiger charge is -2.25. The molecule has 1 N–H and O–H groups in total. The molecule has 2 rings (SSSR count). The Bertz CT molecular complexity index is 727. The number of hydrogen-bond acceptors (Lipinski definition) is 2. The first kappa shape index (κ1) is 17.0. The molecule has 2 aromatic rings. The van der Waals surface area contributed by atoms with E-state index in [4.69, 9.17) is 11.6 Å². The summed E-state index contributed by atoms with van der Waals surface area (Å²) in [5.41, 5.74) is 1.44. The van der Waals surface area contributed by atoms with E-state index < -0.39 is 10.0 Å². The minimum atomic E-state index is -3.37. The summed E-state index contributed by atoms with van der Waals surface area (Å²) in [5, 5.41) is 0.651. The maximum atomic E-state index is 12.2. The van der Waals surface area contributed by atoms with E-state index in [0.29, 0.717) is 11.6 Å². The Balaban J connectivity index is 2.04. The van der Waals surface area contributed by atoms with E-state index in [9.17, 15) is 8.42 Å². The van der Waals surface area contributed by atoms with Crippen molar-refractivity contribution in [3.63, 3.8) is 0 Å².